The van der Waals surface area contributed by atoms with Crippen LogP contribution in [-0.2, 0) is 0 Å². The summed E-state index contributed by atoms with van der Waals surface area (Å²) in [6, 6.07) is 1.90. The Morgan fingerprint density at radius 3 is 2.86 bits per heavy atom. The number of nitrogens with zero attached hydrogens (tertiary/aromatic N) is 2. The molecule has 1 aliphatic rings. The lowest BCUT2D eigenvalue weighted by Crippen LogP contribution is -2.23. The number of aromatic nitrogens is 4. The summed E-state index contributed by atoms with van der Waals surface area (Å²) < 4.78 is 0. The third kappa shape index (κ3) is 2.56. The molecule has 108 valence electrons. The summed E-state index contributed by atoms with van der Waals surface area (Å²) in [6.45, 7) is 3.94. The van der Waals surface area contributed by atoms with Gasteiger partial charge < -0.3 is 4.98 Å². The van der Waals surface area contributed by atoms with Crippen LogP contribution in [0.5, 0.6) is 0 Å². The topological polar surface area (TPSA) is 91.5 Å². The lowest BCUT2D eigenvalue weighted by atomic mass is 10.1. The predicted octanol–water partition coefficient (Wildman–Crippen LogP) is 1.51. The minimum atomic E-state index is -0.528. The van der Waals surface area contributed by atoms with E-state index < -0.39 is 11.2 Å². The minimum Gasteiger partial charge on any atom is -0.313 e. The van der Waals surface area contributed by atoms with Crippen LogP contribution in [0.15, 0.2) is 34.0 Å². The van der Waals surface area contributed by atoms with Gasteiger partial charge in [0, 0.05) is 6.20 Å². The molecule has 2 N–H and O–H groups in total. The molecule has 2 atom stereocenters. The lowest BCUT2D eigenvalue weighted by Gasteiger charge is -2.05. The summed E-state index contributed by atoms with van der Waals surface area (Å²) in [4.78, 5) is 27.6. The maximum Gasteiger partial charge on any atom is 0.325 e. The maximum atomic E-state index is 11.8. The van der Waals surface area contributed by atoms with Crippen molar-refractivity contribution < 1.29 is 0 Å². The molecule has 0 amide bonds. The SMILES string of the molecule is C/C=C/[C@H]1C[C@@H]1c1cc(-c2c[nH]c(=O)[nH]c2=O)nnc1C. The molecule has 2 aromatic rings. The number of aryl methyl sites for hydroxylation is 1. The van der Waals surface area contributed by atoms with Crippen LogP contribution < -0.4 is 11.2 Å². The van der Waals surface area contributed by atoms with Gasteiger partial charge in [-0.1, -0.05) is 12.2 Å². The van der Waals surface area contributed by atoms with Crippen molar-refractivity contribution in [3.8, 4) is 11.3 Å². The number of hydrogen-bond donors (Lipinski definition) is 2. The second-order valence-corrected chi connectivity index (χ2v) is 5.29. The van der Waals surface area contributed by atoms with Crippen LogP contribution in [0.2, 0.25) is 0 Å². The molecule has 2 aromatic heterocycles. The Balaban J connectivity index is 2.02. The molecule has 0 radical (unpaired) electrons. The van der Waals surface area contributed by atoms with Crippen molar-refractivity contribution in [2.45, 2.75) is 26.2 Å². The first-order valence-electron chi connectivity index (χ1n) is 6.89. The van der Waals surface area contributed by atoms with Gasteiger partial charge in [-0.2, -0.15) is 5.10 Å². The van der Waals surface area contributed by atoms with Gasteiger partial charge in [0.2, 0.25) is 0 Å². The summed E-state index contributed by atoms with van der Waals surface area (Å²) in [5.41, 5.74) is 1.83. The highest BCUT2D eigenvalue weighted by molar-refractivity contribution is 5.57. The fourth-order valence-electron chi connectivity index (χ4n) is 2.61. The van der Waals surface area contributed by atoms with Crippen molar-refractivity contribution in [2.24, 2.45) is 5.92 Å². The van der Waals surface area contributed by atoms with E-state index in [0.29, 0.717) is 23.1 Å². The summed E-state index contributed by atoms with van der Waals surface area (Å²) in [5.74, 6) is 0.983. The van der Waals surface area contributed by atoms with Gasteiger partial charge in [-0.3, -0.25) is 9.78 Å². The molecule has 1 fully saturated rings. The van der Waals surface area contributed by atoms with Crippen molar-refractivity contribution in [2.75, 3.05) is 0 Å². The zero-order chi connectivity index (χ0) is 15.0. The highest BCUT2D eigenvalue weighted by Gasteiger charge is 2.37. The first-order valence-corrected chi connectivity index (χ1v) is 6.89. The van der Waals surface area contributed by atoms with E-state index in [1.54, 1.807) is 0 Å². The third-order valence-corrected chi connectivity index (χ3v) is 3.79. The summed E-state index contributed by atoms with van der Waals surface area (Å²) in [6.07, 6.45) is 6.72. The van der Waals surface area contributed by atoms with Crippen molar-refractivity contribution in [3.63, 3.8) is 0 Å². The molecule has 6 heteroatoms. The molecule has 0 spiro atoms. The molecule has 0 aromatic carbocycles. The first kappa shape index (κ1) is 13.5. The molecule has 0 aliphatic heterocycles. The number of allylic oxidation sites excluding steroid dienone is 2. The van der Waals surface area contributed by atoms with Gasteiger partial charge in [0.1, 0.15) is 5.69 Å². The molecule has 1 saturated carbocycles. The standard InChI is InChI=1S/C15H16N4O2/c1-3-4-9-5-11(9)10-6-13(19-18-8(10)2)12-7-16-15(21)17-14(12)20/h3-4,6-7,9,11H,5H2,1-2H3,(H2,16,17,20,21)/b4-3+/t9-,11-/m0/s1. The van der Waals surface area contributed by atoms with Gasteiger partial charge in [-0.15, -0.1) is 5.10 Å². The Hall–Kier alpha value is -2.50. The van der Waals surface area contributed by atoms with Crippen LogP contribution in [0, 0.1) is 12.8 Å². The average Bonchev–Trinajstić information content (AvgIpc) is 3.19. The summed E-state index contributed by atoms with van der Waals surface area (Å²) >= 11 is 0. The molecule has 2 heterocycles. The number of H-pyrrole nitrogens is 2. The van der Waals surface area contributed by atoms with Gasteiger partial charge >= 0.3 is 5.69 Å². The quantitative estimate of drug-likeness (QED) is 0.836. The second-order valence-electron chi connectivity index (χ2n) is 5.29. The zero-order valence-corrected chi connectivity index (χ0v) is 11.9. The smallest absolute Gasteiger partial charge is 0.313 e. The fraction of sp³-hybridized carbons (Fsp3) is 0.333. The Kier molecular flexibility index (Phi) is 3.29. The largest absolute Gasteiger partial charge is 0.325 e. The number of hydrogen-bond acceptors (Lipinski definition) is 4. The normalized spacial score (nSPS) is 20.9. The van der Waals surface area contributed by atoms with Crippen molar-refractivity contribution in [1.29, 1.82) is 0 Å². The molecule has 0 saturated heterocycles. The fourth-order valence-corrected chi connectivity index (χ4v) is 2.61. The van der Waals surface area contributed by atoms with E-state index in [-0.39, 0.29) is 0 Å². The molecular formula is C15H16N4O2. The molecule has 6 nitrogen and oxygen atoms in total. The zero-order valence-electron chi connectivity index (χ0n) is 11.9. The summed E-state index contributed by atoms with van der Waals surface area (Å²) in [5, 5.41) is 8.23. The molecule has 0 bridgehead atoms. The van der Waals surface area contributed by atoms with E-state index in [9.17, 15) is 9.59 Å². The molecule has 0 unspecified atom stereocenters. The average molecular weight is 284 g/mol. The van der Waals surface area contributed by atoms with Crippen LogP contribution in [0.25, 0.3) is 11.3 Å². The Labute approximate surface area is 121 Å². The van der Waals surface area contributed by atoms with Crippen LogP contribution in [0.4, 0.5) is 0 Å². The Morgan fingerprint density at radius 2 is 2.14 bits per heavy atom. The first-order chi connectivity index (χ1) is 10.1. The number of aromatic amines is 2. The molecular weight excluding hydrogens is 268 g/mol. The van der Waals surface area contributed by atoms with E-state index >= 15 is 0 Å². The monoisotopic (exact) mass is 284 g/mol. The predicted molar refractivity (Wildman–Crippen MR) is 79.1 cm³/mol. The lowest BCUT2D eigenvalue weighted by molar-refractivity contribution is 0.906. The van der Waals surface area contributed by atoms with Gasteiger partial charge in [0.05, 0.1) is 11.3 Å². The molecule has 3 rings (SSSR count). The van der Waals surface area contributed by atoms with E-state index in [1.165, 1.54) is 6.20 Å². The van der Waals surface area contributed by atoms with Crippen LogP contribution >= 0.6 is 0 Å². The van der Waals surface area contributed by atoms with Crippen LogP contribution in [0.3, 0.4) is 0 Å². The molecule has 21 heavy (non-hydrogen) atoms. The maximum absolute atomic E-state index is 11.8. The molecule has 1 aliphatic carbocycles. The number of rotatable bonds is 3. The Bertz CT molecular complexity index is 819. The van der Waals surface area contributed by atoms with Crippen molar-refractivity contribution >= 4 is 0 Å². The van der Waals surface area contributed by atoms with E-state index in [1.807, 2.05) is 19.9 Å². The highest BCUT2D eigenvalue weighted by Crippen LogP contribution is 2.49. The van der Waals surface area contributed by atoms with Crippen LogP contribution in [0.1, 0.15) is 30.5 Å². The van der Waals surface area contributed by atoms with Gasteiger partial charge in [0.15, 0.2) is 0 Å². The van der Waals surface area contributed by atoms with E-state index in [4.69, 9.17) is 0 Å². The van der Waals surface area contributed by atoms with Gasteiger partial charge in [-0.05, 0) is 43.7 Å². The minimum absolute atomic E-state index is 0.326. The second kappa shape index (κ2) is 5.12. The Morgan fingerprint density at radius 1 is 1.33 bits per heavy atom. The summed E-state index contributed by atoms with van der Waals surface area (Å²) in [7, 11) is 0. The van der Waals surface area contributed by atoms with Gasteiger partial charge in [0.25, 0.3) is 5.56 Å². The highest BCUT2D eigenvalue weighted by atomic mass is 16.2. The van der Waals surface area contributed by atoms with Gasteiger partial charge in [-0.25, -0.2) is 4.79 Å². The van der Waals surface area contributed by atoms with Crippen molar-refractivity contribution in [3.05, 3.63) is 56.5 Å². The number of nitrogens with one attached hydrogen (secondary N) is 2. The van der Waals surface area contributed by atoms with Crippen molar-refractivity contribution in [1.82, 2.24) is 20.2 Å². The third-order valence-electron chi connectivity index (χ3n) is 3.79. The van der Waals surface area contributed by atoms with Crippen LogP contribution in [-0.4, -0.2) is 20.2 Å². The van der Waals surface area contributed by atoms with E-state index in [0.717, 1.165) is 17.7 Å². The van der Waals surface area contributed by atoms with E-state index in [2.05, 4.69) is 32.3 Å².